The second-order valence-electron chi connectivity index (χ2n) is 3.59. The number of thioether (sulfide) groups is 1. The molecule has 100 valence electrons. The van der Waals surface area contributed by atoms with E-state index in [1.807, 2.05) is 0 Å². The van der Waals surface area contributed by atoms with Crippen LogP contribution in [-0.2, 0) is 4.79 Å². The number of benzene rings is 1. The molecule has 2 rings (SSSR count). The highest BCUT2D eigenvalue weighted by molar-refractivity contribution is 8.18. The van der Waals surface area contributed by atoms with E-state index in [0.29, 0.717) is 27.0 Å². The van der Waals surface area contributed by atoms with E-state index in [2.05, 4.69) is 5.32 Å². The van der Waals surface area contributed by atoms with Gasteiger partial charge in [0.1, 0.15) is 0 Å². The number of amides is 2. The fourth-order valence-corrected chi connectivity index (χ4v) is 2.57. The summed E-state index contributed by atoms with van der Waals surface area (Å²) >= 11 is 6.90. The standard InChI is InChI=1S/C12H10ClNO4S/c1-17-8-4-6(3-7(13)10(8)18-2)5-9-11(15)14-12(16)19-9/h3-5H,1-2H3,(H,14,15,16)/b9-5+. The van der Waals surface area contributed by atoms with Gasteiger partial charge in [-0.05, 0) is 35.5 Å². The SMILES string of the molecule is COc1cc(/C=C2/SC(=O)NC2=O)cc(Cl)c1OC. The third kappa shape index (κ3) is 2.85. The Hall–Kier alpha value is -1.66. The lowest BCUT2D eigenvalue weighted by atomic mass is 10.2. The zero-order valence-corrected chi connectivity index (χ0v) is 11.7. The molecule has 0 atom stereocenters. The summed E-state index contributed by atoms with van der Waals surface area (Å²) in [6.07, 6.45) is 1.57. The van der Waals surface area contributed by atoms with Crippen LogP contribution < -0.4 is 14.8 Å². The molecule has 2 amide bonds. The second-order valence-corrected chi connectivity index (χ2v) is 5.01. The molecule has 19 heavy (non-hydrogen) atoms. The van der Waals surface area contributed by atoms with Gasteiger partial charge in [0, 0.05) is 0 Å². The van der Waals surface area contributed by atoms with Crippen LogP contribution in [0, 0.1) is 0 Å². The summed E-state index contributed by atoms with van der Waals surface area (Å²) in [6.45, 7) is 0. The molecule has 0 aliphatic carbocycles. The Balaban J connectivity index is 2.42. The number of methoxy groups -OCH3 is 2. The molecule has 7 heteroatoms. The molecule has 0 unspecified atom stereocenters. The highest BCUT2D eigenvalue weighted by Gasteiger charge is 2.25. The molecule has 1 aliphatic heterocycles. The minimum absolute atomic E-state index is 0.313. The third-order valence-corrected chi connectivity index (χ3v) is 3.49. The predicted molar refractivity (Wildman–Crippen MR) is 73.7 cm³/mol. The van der Waals surface area contributed by atoms with Crippen molar-refractivity contribution in [2.45, 2.75) is 0 Å². The van der Waals surface area contributed by atoms with Crippen LogP contribution in [0.25, 0.3) is 6.08 Å². The predicted octanol–water partition coefficient (Wildman–Crippen LogP) is 2.68. The molecular formula is C12H10ClNO4S. The Bertz CT molecular complexity index is 585. The van der Waals surface area contributed by atoms with E-state index in [-0.39, 0.29) is 5.24 Å². The molecule has 1 heterocycles. The van der Waals surface area contributed by atoms with Crippen LogP contribution in [0.3, 0.4) is 0 Å². The van der Waals surface area contributed by atoms with E-state index in [4.69, 9.17) is 21.1 Å². The first-order valence-corrected chi connectivity index (χ1v) is 6.41. The van der Waals surface area contributed by atoms with Crippen LogP contribution in [0.4, 0.5) is 4.79 Å². The average Bonchev–Trinajstić information content (AvgIpc) is 2.67. The van der Waals surface area contributed by atoms with Crippen LogP contribution in [0.1, 0.15) is 5.56 Å². The van der Waals surface area contributed by atoms with Gasteiger partial charge in [0.25, 0.3) is 11.1 Å². The summed E-state index contributed by atoms with van der Waals surface area (Å²) in [7, 11) is 2.98. The molecular weight excluding hydrogens is 290 g/mol. The van der Waals surface area contributed by atoms with Crippen molar-refractivity contribution in [1.82, 2.24) is 5.32 Å². The van der Waals surface area contributed by atoms with Gasteiger partial charge in [0.15, 0.2) is 11.5 Å². The Morgan fingerprint density at radius 3 is 2.53 bits per heavy atom. The third-order valence-electron chi connectivity index (χ3n) is 2.40. The van der Waals surface area contributed by atoms with E-state index < -0.39 is 5.91 Å². The van der Waals surface area contributed by atoms with Gasteiger partial charge in [-0.3, -0.25) is 14.9 Å². The van der Waals surface area contributed by atoms with Gasteiger partial charge in [-0.2, -0.15) is 0 Å². The lowest BCUT2D eigenvalue weighted by molar-refractivity contribution is -0.115. The Morgan fingerprint density at radius 2 is 2.00 bits per heavy atom. The summed E-state index contributed by atoms with van der Waals surface area (Å²) in [5.74, 6) is 0.461. The number of nitrogens with one attached hydrogen (secondary N) is 1. The number of rotatable bonds is 3. The van der Waals surface area contributed by atoms with Gasteiger partial charge >= 0.3 is 0 Å². The van der Waals surface area contributed by atoms with E-state index in [9.17, 15) is 9.59 Å². The molecule has 1 fully saturated rings. The molecule has 5 nitrogen and oxygen atoms in total. The summed E-state index contributed by atoms with van der Waals surface area (Å²) < 4.78 is 10.3. The zero-order chi connectivity index (χ0) is 14.0. The molecule has 1 aromatic rings. The largest absolute Gasteiger partial charge is 0.493 e. The minimum atomic E-state index is -0.416. The number of carbonyl (C=O) groups is 2. The molecule has 1 aromatic carbocycles. The van der Waals surface area contributed by atoms with Gasteiger partial charge in [0.2, 0.25) is 0 Å². The quantitative estimate of drug-likeness (QED) is 0.869. The Kier molecular flexibility index (Phi) is 4.01. The summed E-state index contributed by atoms with van der Waals surface area (Å²) in [4.78, 5) is 22.8. The van der Waals surface area contributed by atoms with Crippen LogP contribution in [-0.4, -0.2) is 25.4 Å². The normalized spacial score (nSPS) is 16.7. The molecule has 1 saturated heterocycles. The van der Waals surface area contributed by atoms with Crippen LogP contribution >= 0.6 is 23.4 Å². The lowest BCUT2D eigenvalue weighted by Gasteiger charge is -2.10. The molecule has 0 saturated carbocycles. The highest BCUT2D eigenvalue weighted by Crippen LogP contribution is 2.37. The van der Waals surface area contributed by atoms with E-state index in [0.717, 1.165) is 11.8 Å². The van der Waals surface area contributed by atoms with Crippen molar-refractivity contribution < 1.29 is 19.1 Å². The van der Waals surface area contributed by atoms with Crippen molar-refractivity contribution in [3.63, 3.8) is 0 Å². The first kappa shape index (κ1) is 13.8. The Labute approximate surface area is 118 Å². The van der Waals surface area contributed by atoms with Crippen LogP contribution in [0.15, 0.2) is 17.0 Å². The monoisotopic (exact) mass is 299 g/mol. The molecule has 0 bridgehead atoms. The van der Waals surface area contributed by atoms with Crippen molar-refractivity contribution >= 4 is 40.6 Å². The van der Waals surface area contributed by atoms with Crippen LogP contribution in [0.2, 0.25) is 5.02 Å². The summed E-state index contributed by atoms with van der Waals surface area (Å²) in [6, 6.07) is 3.31. The first-order chi connectivity index (χ1) is 9.05. The lowest BCUT2D eigenvalue weighted by Crippen LogP contribution is -2.17. The molecule has 0 aromatic heterocycles. The maximum absolute atomic E-state index is 11.4. The first-order valence-electron chi connectivity index (χ1n) is 5.21. The van der Waals surface area contributed by atoms with Crippen LogP contribution in [0.5, 0.6) is 11.5 Å². The number of ether oxygens (including phenoxy) is 2. The van der Waals surface area contributed by atoms with E-state index in [1.54, 1.807) is 18.2 Å². The highest BCUT2D eigenvalue weighted by atomic mass is 35.5. The maximum Gasteiger partial charge on any atom is 0.290 e. The number of hydrogen-bond donors (Lipinski definition) is 1. The average molecular weight is 300 g/mol. The number of carbonyl (C=O) groups excluding carboxylic acids is 2. The zero-order valence-electron chi connectivity index (χ0n) is 10.2. The Morgan fingerprint density at radius 1 is 1.26 bits per heavy atom. The van der Waals surface area contributed by atoms with Gasteiger partial charge in [-0.15, -0.1) is 0 Å². The van der Waals surface area contributed by atoms with Crippen molar-refractivity contribution in [2.75, 3.05) is 14.2 Å². The number of hydrogen-bond acceptors (Lipinski definition) is 5. The summed E-state index contributed by atoms with van der Waals surface area (Å²) in [5, 5.41) is 2.16. The van der Waals surface area contributed by atoms with Gasteiger partial charge in [-0.25, -0.2) is 0 Å². The molecule has 0 spiro atoms. The molecule has 1 aliphatic rings. The van der Waals surface area contributed by atoms with E-state index in [1.165, 1.54) is 14.2 Å². The van der Waals surface area contributed by atoms with Gasteiger partial charge in [0.05, 0.1) is 24.1 Å². The van der Waals surface area contributed by atoms with E-state index >= 15 is 0 Å². The smallest absolute Gasteiger partial charge is 0.290 e. The van der Waals surface area contributed by atoms with Crippen molar-refractivity contribution in [2.24, 2.45) is 0 Å². The fourth-order valence-electron chi connectivity index (χ4n) is 1.59. The maximum atomic E-state index is 11.4. The van der Waals surface area contributed by atoms with Gasteiger partial charge < -0.3 is 9.47 Å². The van der Waals surface area contributed by atoms with Crippen molar-refractivity contribution in [3.8, 4) is 11.5 Å². The van der Waals surface area contributed by atoms with Crippen molar-refractivity contribution in [1.29, 1.82) is 0 Å². The molecule has 0 radical (unpaired) electrons. The fraction of sp³-hybridized carbons (Fsp3) is 0.167. The topological polar surface area (TPSA) is 64.6 Å². The van der Waals surface area contributed by atoms with Crippen molar-refractivity contribution in [3.05, 3.63) is 27.6 Å². The van der Waals surface area contributed by atoms with Gasteiger partial charge in [-0.1, -0.05) is 11.6 Å². The number of imide groups is 1. The minimum Gasteiger partial charge on any atom is -0.493 e. The molecule has 1 N–H and O–H groups in total. The summed E-state index contributed by atoms with van der Waals surface area (Å²) in [5.41, 5.74) is 0.648. The second kappa shape index (κ2) is 5.54. The number of halogens is 1.